The molecule has 7 nitrogen and oxygen atoms in total. The summed E-state index contributed by atoms with van der Waals surface area (Å²) in [5, 5.41) is 2.83. The van der Waals surface area contributed by atoms with Gasteiger partial charge in [0.15, 0.2) is 0 Å². The van der Waals surface area contributed by atoms with Gasteiger partial charge in [0, 0.05) is 44.8 Å². The SMILES string of the molecule is Cc1ccn(C(C)CN(C)C)c(=O)c1C(=O)NCCCN1CCCC1=O. The highest BCUT2D eigenvalue weighted by Crippen LogP contribution is 2.10. The van der Waals surface area contributed by atoms with E-state index < -0.39 is 0 Å². The topological polar surface area (TPSA) is 74.7 Å². The summed E-state index contributed by atoms with van der Waals surface area (Å²) in [5.41, 5.74) is 0.623. The summed E-state index contributed by atoms with van der Waals surface area (Å²) in [6.07, 6.45) is 3.98. The standard InChI is InChI=1S/C19H30N4O3/c1-14-8-12-23(15(2)13-21(3)4)19(26)17(14)18(25)20-9-6-11-22-10-5-7-16(22)24/h8,12,15H,5-7,9-11,13H2,1-4H3,(H,20,25). The highest BCUT2D eigenvalue weighted by atomic mass is 16.2. The number of rotatable bonds is 8. The molecule has 1 aliphatic heterocycles. The highest BCUT2D eigenvalue weighted by Gasteiger charge is 2.20. The van der Waals surface area contributed by atoms with Crippen molar-refractivity contribution in [2.45, 2.75) is 39.2 Å². The van der Waals surface area contributed by atoms with Crippen LogP contribution in [-0.2, 0) is 4.79 Å². The minimum absolute atomic E-state index is 0.0224. The molecule has 1 N–H and O–H groups in total. The third-order valence-corrected chi connectivity index (χ3v) is 4.72. The molecule has 1 fully saturated rings. The monoisotopic (exact) mass is 362 g/mol. The lowest BCUT2D eigenvalue weighted by Gasteiger charge is -2.20. The molecule has 0 spiro atoms. The summed E-state index contributed by atoms with van der Waals surface area (Å²) in [7, 11) is 3.91. The smallest absolute Gasteiger partial charge is 0.263 e. The van der Waals surface area contributed by atoms with Crippen LogP contribution in [0, 0.1) is 6.92 Å². The predicted octanol–water partition coefficient (Wildman–Crippen LogP) is 1.02. The molecule has 144 valence electrons. The van der Waals surface area contributed by atoms with Crippen LogP contribution >= 0.6 is 0 Å². The molecular formula is C19H30N4O3. The zero-order valence-corrected chi connectivity index (χ0v) is 16.2. The van der Waals surface area contributed by atoms with Gasteiger partial charge >= 0.3 is 0 Å². The minimum Gasteiger partial charge on any atom is -0.352 e. The van der Waals surface area contributed by atoms with E-state index in [1.54, 1.807) is 17.7 Å². The van der Waals surface area contributed by atoms with Gasteiger partial charge in [-0.15, -0.1) is 0 Å². The van der Waals surface area contributed by atoms with Crippen LogP contribution in [-0.4, -0.2) is 66.5 Å². The van der Waals surface area contributed by atoms with Gasteiger partial charge in [0.25, 0.3) is 11.5 Å². The normalized spacial score (nSPS) is 15.6. The van der Waals surface area contributed by atoms with Crippen molar-refractivity contribution in [2.24, 2.45) is 0 Å². The molecule has 26 heavy (non-hydrogen) atoms. The molecule has 0 aliphatic carbocycles. The molecule has 1 saturated heterocycles. The Kier molecular flexibility index (Phi) is 6.97. The summed E-state index contributed by atoms with van der Waals surface area (Å²) in [4.78, 5) is 40.7. The van der Waals surface area contributed by atoms with Crippen molar-refractivity contribution in [1.82, 2.24) is 19.7 Å². The fraction of sp³-hybridized carbons (Fsp3) is 0.632. The lowest BCUT2D eigenvalue weighted by atomic mass is 10.1. The van der Waals surface area contributed by atoms with E-state index in [0.717, 1.165) is 13.0 Å². The molecule has 2 heterocycles. The summed E-state index contributed by atoms with van der Waals surface area (Å²) in [6.45, 7) is 6.36. The third kappa shape index (κ3) is 4.94. The number of likely N-dealkylation sites (tertiary alicyclic amines) is 1. The largest absolute Gasteiger partial charge is 0.352 e. The number of amides is 2. The Morgan fingerprint density at radius 2 is 2.08 bits per heavy atom. The van der Waals surface area contributed by atoms with E-state index in [1.807, 2.05) is 36.9 Å². The molecule has 1 unspecified atom stereocenters. The van der Waals surface area contributed by atoms with Gasteiger partial charge in [0.1, 0.15) is 5.56 Å². The van der Waals surface area contributed by atoms with Gasteiger partial charge in [-0.2, -0.15) is 0 Å². The number of aryl methyl sites for hydroxylation is 1. The van der Waals surface area contributed by atoms with Crippen LogP contribution in [0.5, 0.6) is 0 Å². The van der Waals surface area contributed by atoms with Crippen LogP contribution in [0.4, 0.5) is 0 Å². The van der Waals surface area contributed by atoms with Gasteiger partial charge in [0.2, 0.25) is 5.91 Å². The number of pyridine rings is 1. The molecule has 2 amide bonds. The average Bonchev–Trinajstić information content (AvgIpc) is 2.96. The maximum Gasteiger partial charge on any atom is 0.263 e. The van der Waals surface area contributed by atoms with E-state index in [1.165, 1.54) is 0 Å². The fourth-order valence-corrected chi connectivity index (χ4v) is 3.38. The van der Waals surface area contributed by atoms with E-state index in [9.17, 15) is 14.4 Å². The van der Waals surface area contributed by atoms with Crippen molar-refractivity contribution in [3.05, 3.63) is 33.7 Å². The molecule has 1 aromatic heterocycles. The highest BCUT2D eigenvalue weighted by molar-refractivity contribution is 5.95. The Labute approximate surface area is 155 Å². The molecule has 7 heteroatoms. The van der Waals surface area contributed by atoms with Gasteiger partial charge in [-0.25, -0.2) is 0 Å². The quantitative estimate of drug-likeness (QED) is 0.701. The van der Waals surface area contributed by atoms with Crippen molar-refractivity contribution in [3.63, 3.8) is 0 Å². The van der Waals surface area contributed by atoms with Gasteiger partial charge < -0.3 is 19.7 Å². The Bertz CT molecular complexity index is 711. The maximum atomic E-state index is 12.8. The van der Waals surface area contributed by atoms with Gasteiger partial charge in [-0.1, -0.05) is 0 Å². The van der Waals surface area contributed by atoms with E-state index in [4.69, 9.17) is 0 Å². The van der Waals surface area contributed by atoms with Crippen molar-refractivity contribution in [1.29, 1.82) is 0 Å². The Morgan fingerprint density at radius 1 is 1.35 bits per heavy atom. The third-order valence-electron chi connectivity index (χ3n) is 4.72. The number of nitrogens with zero attached hydrogens (tertiary/aromatic N) is 3. The zero-order valence-electron chi connectivity index (χ0n) is 16.2. The van der Waals surface area contributed by atoms with E-state index in [-0.39, 0.29) is 29.0 Å². The first-order chi connectivity index (χ1) is 12.3. The van der Waals surface area contributed by atoms with E-state index in [2.05, 4.69) is 5.32 Å². The Hall–Kier alpha value is -2.15. The molecule has 1 aromatic rings. The van der Waals surface area contributed by atoms with Crippen LogP contribution in [0.3, 0.4) is 0 Å². The summed E-state index contributed by atoms with van der Waals surface area (Å²) < 4.78 is 1.62. The lowest BCUT2D eigenvalue weighted by molar-refractivity contribution is -0.127. The van der Waals surface area contributed by atoms with Gasteiger partial charge in [-0.05, 0) is 52.4 Å². The lowest BCUT2D eigenvalue weighted by Crippen LogP contribution is -2.37. The molecule has 0 saturated carbocycles. The van der Waals surface area contributed by atoms with Crippen molar-refractivity contribution in [3.8, 4) is 0 Å². The fourth-order valence-electron chi connectivity index (χ4n) is 3.38. The number of carbonyl (C=O) groups is 2. The maximum absolute atomic E-state index is 12.8. The molecule has 1 atom stereocenters. The van der Waals surface area contributed by atoms with Crippen molar-refractivity contribution in [2.75, 3.05) is 40.3 Å². The number of hydrogen-bond donors (Lipinski definition) is 1. The number of aromatic nitrogens is 1. The summed E-state index contributed by atoms with van der Waals surface area (Å²) in [5.74, 6) is -0.153. The second-order valence-corrected chi connectivity index (χ2v) is 7.29. The first-order valence-corrected chi connectivity index (χ1v) is 9.23. The molecule has 2 rings (SSSR count). The molecule has 1 aliphatic rings. The number of hydrogen-bond acceptors (Lipinski definition) is 4. The average molecular weight is 362 g/mol. The number of likely N-dealkylation sites (N-methyl/N-ethyl adjacent to an activating group) is 1. The second kappa shape index (κ2) is 8.98. The molecule has 0 aromatic carbocycles. The minimum atomic E-state index is -0.341. The van der Waals surface area contributed by atoms with Crippen LogP contribution in [0.25, 0.3) is 0 Å². The first kappa shape index (κ1) is 20.2. The van der Waals surface area contributed by atoms with E-state index in [0.29, 0.717) is 38.0 Å². The van der Waals surface area contributed by atoms with Crippen LogP contribution in [0.2, 0.25) is 0 Å². The van der Waals surface area contributed by atoms with E-state index >= 15 is 0 Å². The van der Waals surface area contributed by atoms with Crippen LogP contribution < -0.4 is 10.9 Å². The van der Waals surface area contributed by atoms with Crippen molar-refractivity contribution >= 4 is 11.8 Å². The summed E-state index contributed by atoms with van der Waals surface area (Å²) in [6, 6.07) is 1.79. The second-order valence-electron chi connectivity index (χ2n) is 7.29. The number of carbonyl (C=O) groups excluding carboxylic acids is 2. The Morgan fingerprint density at radius 3 is 2.69 bits per heavy atom. The number of nitrogens with one attached hydrogen (secondary N) is 1. The van der Waals surface area contributed by atoms with Gasteiger partial charge in [-0.3, -0.25) is 14.4 Å². The Balaban J connectivity index is 1.99. The van der Waals surface area contributed by atoms with Crippen LogP contribution in [0.1, 0.15) is 48.1 Å². The summed E-state index contributed by atoms with van der Waals surface area (Å²) >= 11 is 0. The first-order valence-electron chi connectivity index (χ1n) is 9.23. The zero-order chi connectivity index (χ0) is 19.3. The van der Waals surface area contributed by atoms with Gasteiger partial charge in [0.05, 0.1) is 0 Å². The molecular weight excluding hydrogens is 332 g/mol. The molecule has 0 radical (unpaired) electrons. The molecule has 0 bridgehead atoms. The van der Waals surface area contributed by atoms with Crippen molar-refractivity contribution < 1.29 is 9.59 Å². The predicted molar refractivity (Wildman–Crippen MR) is 101 cm³/mol. The van der Waals surface area contributed by atoms with Crippen LogP contribution in [0.15, 0.2) is 17.1 Å².